The third-order valence-electron chi connectivity index (χ3n) is 5.23. The Hall–Kier alpha value is -1.86. The smallest absolute Gasteiger partial charge is 0.259 e. The van der Waals surface area contributed by atoms with Crippen LogP contribution in [0.1, 0.15) is 40.9 Å². The molecule has 0 radical (unpaired) electrons. The van der Waals surface area contributed by atoms with Gasteiger partial charge in [-0.1, -0.05) is 41.9 Å². The van der Waals surface area contributed by atoms with Crippen LogP contribution < -0.4 is 0 Å². The van der Waals surface area contributed by atoms with Gasteiger partial charge in [-0.2, -0.15) is 5.10 Å². The van der Waals surface area contributed by atoms with Crippen LogP contribution in [0.15, 0.2) is 30.3 Å². The van der Waals surface area contributed by atoms with Gasteiger partial charge in [-0.15, -0.1) is 0 Å². The van der Waals surface area contributed by atoms with Gasteiger partial charge in [0.15, 0.2) is 9.84 Å². The molecule has 4 rings (SSSR count). The Morgan fingerprint density at radius 2 is 1.93 bits per heavy atom. The number of aromatic nitrogens is 2. The highest BCUT2D eigenvalue weighted by Gasteiger charge is 2.43. The van der Waals surface area contributed by atoms with Crippen molar-refractivity contribution in [2.24, 2.45) is 0 Å². The number of amides is 1. The number of benzene rings is 1. The monoisotopic (exact) mass is 407 g/mol. The number of carbonyl (C=O) groups excluding carboxylic acids is 1. The van der Waals surface area contributed by atoms with E-state index in [2.05, 4.69) is 5.10 Å². The summed E-state index contributed by atoms with van der Waals surface area (Å²) < 4.78 is 25.5. The zero-order chi connectivity index (χ0) is 19.2. The van der Waals surface area contributed by atoms with E-state index >= 15 is 0 Å². The van der Waals surface area contributed by atoms with Gasteiger partial charge in [0.2, 0.25) is 0 Å². The Bertz CT molecular complexity index is 968. The average Bonchev–Trinajstić information content (AvgIpc) is 3.32. The summed E-state index contributed by atoms with van der Waals surface area (Å²) in [6.07, 6.45) is 2.33. The largest absolute Gasteiger partial charge is 0.331 e. The van der Waals surface area contributed by atoms with Crippen LogP contribution in [0.2, 0.25) is 5.15 Å². The molecule has 0 bridgehead atoms. The number of aryl methyl sites for hydroxylation is 1. The first-order valence-corrected chi connectivity index (χ1v) is 11.4. The topological polar surface area (TPSA) is 72.3 Å². The minimum absolute atomic E-state index is 0.0457. The van der Waals surface area contributed by atoms with Gasteiger partial charge < -0.3 is 4.90 Å². The van der Waals surface area contributed by atoms with E-state index in [4.69, 9.17) is 11.6 Å². The summed E-state index contributed by atoms with van der Waals surface area (Å²) in [5.41, 5.74) is 2.01. The predicted molar refractivity (Wildman–Crippen MR) is 104 cm³/mol. The van der Waals surface area contributed by atoms with E-state index < -0.39 is 9.84 Å². The fraction of sp³-hybridized carbons (Fsp3) is 0.474. The summed E-state index contributed by atoms with van der Waals surface area (Å²) in [6.45, 7) is 2.26. The molecule has 1 saturated heterocycles. The second-order valence-electron chi connectivity index (χ2n) is 7.39. The predicted octanol–water partition coefficient (Wildman–Crippen LogP) is 2.68. The third-order valence-corrected chi connectivity index (χ3v) is 7.37. The summed E-state index contributed by atoms with van der Waals surface area (Å²) in [5.74, 6) is -0.000469. The number of rotatable bonds is 5. The van der Waals surface area contributed by atoms with E-state index in [-0.39, 0.29) is 29.5 Å². The van der Waals surface area contributed by atoms with Gasteiger partial charge in [0, 0.05) is 12.1 Å². The normalized spacial score (nSPS) is 21.3. The molecule has 27 heavy (non-hydrogen) atoms. The van der Waals surface area contributed by atoms with Gasteiger partial charge >= 0.3 is 0 Å². The molecule has 1 aromatic heterocycles. The Morgan fingerprint density at radius 1 is 1.22 bits per heavy atom. The van der Waals surface area contributed by atoms with Crippen molar-refractivity contribution in [1.29, 1.82) is 0 Å². The second-order valence-corrected chi connectivity index (χ2v) is 9.98. The summed E-state index contributed by atoms with van der Waals surface area (Å²) in [7, 11) is -3.07. The van der Waals surface area contributed by atoms with Crippen LogP contribution in [0.4, 0.5) is 0 Å². The second kappa shape index (κ2) is 6.95. The maximum atomic E-state index is 13.3. The molecule has 2 aliphatic rings. The zero-order valence-electron chi connectivity index (χ0n) is 15.1. The lowest BCUT2D eigenvalue weighted by Crippen LogP contribution is -2.43. The quantitative estimate of drug-likeness (QED) is 0.763. The van der Waals surface area contributed by atoms with Crippen molar-refractivity contribution in [3.05, 3.63) is 52.3 Å². The highest BCUT2D eigenvalue weighted by Crippen LogP contribution is 2.35. The minimum Gasteiger partial charge on any atom is -0.331 e. The Morgan fingerprint density at radius 3 is 2.52 bits per heavy atom. The van der Waals surface area contributed by atoms with Gasteiger partial charge in [-0.3, -0.25) is 4.79 Å². The molecule has 144 valence electrons. The standard InChI is InChI=1S/C19H22ClN3O3S/c1-13-17(18(20)22(21-13)11-14-5-3-2-4-6-14)19(24)23(15-7-8-15)16-9-10-27(25,26)12-16/h2-6,15-16H,7-12H2,1H3. The molecule has 1 amide bonds. The molecule has 0 N–H and O–H groups in total. The van der Waals surface area contributed by atoms with Crippen LogP contribution >= 0.6 is 11.6 Å². The fourth-order valence-corrected chi connectivity index (χ4v) is 5.79. The van der Waals surface area contributed by atoms with Crippen molar-refractivity contribution in [3.63, 3.8) is 0 Å². The molecule has 1 unspecified atom stereocenters. The Balaban J connectivity index is 1.63. The first kappa shape index (κ1) is 18.5. The molecule has 8 heteroatoms. The number of carbonyl (C=O) groups is 1. The molecule has 1 aliphatic heterocycles. The van der Waals surface area contributed by atoms with Crippen molar-refractivity contribution in [2.75, 3.05) is 11.5 Å². The van der Waals surface area contributed by atoms with Gasteiger partial charge in [-0.05, 0) is 31.7 Å². The van der Waals surface area contributed by atoms with Crippen molar-refractivity contribution in [2.45, 2.75) is 44.8 Å². The molecule has 1 aliphatic carbocycles. The van der Waals surface area contributed by atoms with E-state index in [0.717, 1.165) is 18.4 Å². The SMILES string of the molecule is Cc1nn(Cc2ccccc2)c(Cl)c1C(=O)N(C1CC1)C1CCS(=O)(=O)C1. The van der Waals surface area contributed by atoms with Gasteiger partial charge in [0.05, 0.1) is 29.3 Å². The number of sulfone groups is 1. The van der Waals surface area contributed by atoms with Crippen LogP contribution in [0, 0.1) is 6.92 Å². The van der Waals surface area contributed by atoms with E-state index in [1.807, 2.05) is 30.3 Å². The lowest BCUT2D eigenvalue weighted by Gasteiger charge is -2.28. The lowest BCUT2D eigenvalue weighted by atomic mass is 10.1. The van der Waals surface area contributed by atoms with Crippen molar-refractivity contribution < 1.29 is 13.2 Å². The third kappa shape index (κ3) is 3.75. The van der Waals surface area contributed by atoms with Crippen LogP contribution in [0.5, 0.6) is 0 Å². The molecule has 6 nitrogen and oxygen atoms in total. The number of hydrogen-bond acceptors (Lipinski definition) is 4. The van der Waals surface area contributed by atoms with Crippen molar-refractivity contribution in [3.8, 4) is 0 Å². The molecule has 1 atom stereocenters. The number of halogens is 1. The van der Waals surface area contributed by atoms with E-state index in [9.17, 15) is 13.2 Å². The number of nitrogens with zero attached hydrogens (tertiary/aromatic N) is 3. The minimum atomic E-state index is -3.07. The summed E-state index contributed by atoms with van der Waals surface area (Å²) >= 11 is 6.54. The van der Waals surface area contributed by atoms with Crippen LogP contribution in [0.25, 0.3) is 0 Å². The van der Waals surface area contributed by atoms with Crippen molar-refractivity contribution in [1.82, 2.24) is 14.7 Å². The molecule has 1 saturated carbocycles. The van der Waals surface area contributed by atoms with Gasteiger partial charge in [0.25, 0.3) is 5.91 Å². The van der Waals surface area contributed by atoms with Crippen LogP contribution in [-0.4, -0.2) is 52.6 Å². The van der Waals surface area contributed by atoms with E-state index in [1.165, 1.54) is 0 Å². The van der Waals surface area contributed by atoms with E-state index in [0.29, 0.717) is 29.4 Å². The lowest BCUT2D eigenvalue weighted by molar-refractivity contribution is 0.0680. The van der Waals surface area contributed by atoms with Crippen LogP contribution in [-0.2, 0) is 16.4 Å². The maximum absolute atomic E-state index is 13.3. The fourth-order valence-electron chi connectivity index (χ4n) is 3.76. The first-order valence-electron chi connectivity index (χ1n) is 9.15. The Kier molecular flexibility index (Phi) is 4.76. The number of hydrogen-bond donors (Lipinski definition) is 0. The summed E-state index contributed by atoms with van der Waals surface area (Å²) in [4.78, 5) is 15.1. The molecule has 0 spiro atoms. The molecular formula is C19H22ClN3O3S. The van der Waals surface area contributed by atoms with Gasteiger partial charge in [0.1, 0.15) is 5.15 Å². The van der Waals surface area contributed by atoms with E-state index in [1.54, 1.807) is 16.5 Å². The molecule has 2 heterocycles. The maximum Gasteiger partial charge on any atom is 0.259 e. The molecule has 1 aromatic carbocycles. The molecular weight excluding hydrogens is 386 g/mol. The summed E-state index contributed by atoms with van der Waals surface area (Å²) in [5, 5.41) is 4.78. The molecule has 2 fully saturated rings. The zero-order valence-corrected chi connectivity index (χ0v) is 16.7. The van der Waals surface area contributed by atoms with Crippen molar-refractivity contribution >= 4 is 27.3 Å². The first-order chi connectivity index (χ1) is 12.9. The molecule has 2 aromatic rings. The summed E-state index contributed by atoms with van der Waals surface area (Å²) in [6, 6.07) is 9.65. The van der Waals surface area contributed by atoms with Crippen LogP contribution in [0.3, 0.4) is 0 Å². The van der Waals surface area contributed by atoms with Gasteiger partial charge in [-0.25, -0.2) is 13.1 Å². The Labute approximate surface area is 164 Å². The average molecular weight is 408 g/mol. The highest BCUT2D eigenvalue weighted by atomic mass is 35.5. The highest BCUT2D eigenvalue weighted by molar-refractivity contribution is 7.91.